The molecule has 4 heterocycles. The molecule has 4 aromatic heterocycles. The summed E-state index contributed by atoms with van der Waals surface area (Å²) in [6.07, 6.45) is 0. The summed E-state index contributed by atoms with van der Waals surface area (Å²) in [4.78, 5) is 4.92. The van der Waals surface area contributed by atoms with Gasteiger partial charge in [-0.25, -0.2) is 0 Å². The molecular weight excluding hydrogens is 432 g/mol. The first kappa shape index (κ1) is 18.3. The number of aryl methyl sites for hydroxylation is 2. The zero-order valence-corrected chi connectivity index (χ0v) is 19.2. The van der Waals surface area contributed by atoms with Crippen LogP contribution in [0.1, 0.15) is 9.75 Å². The Bertz CT molecular complexity index is 1670. The van der Waals surface area contributed by atoms with Crippen LogP contribution < -0.4 is 0 Å². The molecule has 0 N–H and O–H groups in total. The first-order valence-electron chi connectivity index (χ1n) is 10.6. The highest BCUT2D eigenvalue weighted by Gasteiger charge is 2.15. The van der Waals surface area contributed by atoms with Gasteiger partial charge in [-0.1, -0.05) is 24.3 Å². The minimum absolute atomic E-state index is 0.928. The van der Waals surface area contributed by atoms with Crippen molar-refractivity contribution < 1.29 is 8.83 Å². The summed E-state index contributed by atoms with van der Waals surface area (Å²) < 4.78 is 12.4. The minimum Gasteiger partial charge on any atom is -0.455 e. The van der Waals surface area contributed by atoms with Gasteiger partial charge in [0.2, 0.25) is 0 Å². The number of hydrogen-bond donors (Lipinski definition) is 0. The Morgan fingerprint density at radius 2 is 0.875 bits per heavy atom. The van der Waals surface area contributed by atoms with Crippen LogP contribution in [-0.2, 0) is 0 Å². The molecule has 0 bridgehead atoms. The van der Waals surface area contributed by atoms with Crippen LogP contribution >= 0.6 is 22.7 Å². The summed E-state index contributed by atoms with van der Waals surface area (Å²) in [5, 5.41) is 7.23. The van der Waals surface area contributed by atoms with E-state index in [-0.39, 0.29) is 0 Å². The van der Waals surface area contributed by atoms with Crippen molar-refractivity contribution in [2.45, 2.75) is 13.8 Å². The highest BCUT2D eigenvalue weighted by molar-refractivity contribution is 7.15. The zero-order chi connectivity index (χ0) is 21.4. The van der Waals surface area contributed by atoms with Crippen LogP contribution in [0.15, 0.2) is 81.6 Å². The number of furan rings is 2. The molecule has 0 aliphatic carbocycles. The molecule has 0 atom stereocenters. The summed E-state index contributed by atoms with van der Waals surface area (Å²) in [5.74, 6) is 1.87. The Morgan fingerprint density at radius 3 is 1.28 bits per heavy atom. The summed E-state index contributed by atoms with van der Waals surface area (Å²) in [5.41, 5.74) is 1.86. The molecule has 154 valence electrons. The molecule has 3 aromatic carbocycles. The fraction of sp³-hybridized carbons (Fsp3) is 0.0714. The number of fused-ring (bicyclic) bond motifs is 7. The predicted molar refractivity (Wildman–Crippen MR) is 137 cm³/mol. The lowest BCUT2D eigenvalue weighted by atomic mass is 9.98. The second kappa shape index (κ2) is 6.58. The fourth-order valence-corrected chi connectivity index (χ4v) is 6.28. The lowest BCUT2D eigenvalue weighted by Crippen LogP contribution is -1.79. The molecule has 2 nitrogen and oxygen atoms in total. The molecule has 0 fully saturated rings. The third-order valence-corrected chi connectivity index (χ3v) is 8.19. The third kappa shape index (κ3) is 2.63. The summed E-state index contributed by atoms with van der Waals surface area (Å²) in [6.45, 7) is 4.25. The SMILES string of the molecule is Cc1ccc(-c2cc3c(ccc4c3ccc3c5cc(-c6ccc(C)s6)oc5ccc34)o2)s1. The predicted octanol–water partition coefficient (Wildman–Crippen LogP) is 9.56. The highest BCUT2D eigenvalue weighted by Crippen LogP contribution is 2.40. The van der Waals surface area contributed by atoms with Crippen LogP contribution in [0.4, 0.5) is 0 Å². The van der Waals surface area contributed by atoms with Gasteiger partial charge in [0.1, 0.15) is 22.7 Å². The molecule has 0 amide bonds. The maximum atomic E-state index is 6.21. The third-order valence-electron chi connectivity index (χ3n) is 6.16. The van der Waals surface area contributed by atoms with E-state index in [4.69, 9.17) is 8.83 Å². The molecule has 0 aliphatic rings. The van der Waals surface area contributed by atoms with Gasteiger partial charge >= 0.3 is 0 Å². The topological polar surface area (TPSA) is 26.3 Å². The van der Waals surface area contributed by atoms with E-state index in [1.165, 1.54) is 41.1 Å². The zero-order valence-electron chi connectivity index (χ0n) is 17.6. The molecule has 0 saturated heterocycles. The number of hydrogen-bond acceptors (Lipinski definition) is 4. The van der Waals surface area contributed by atoms with Gasteiger partial charge in [0.15, 0.2) is 0 Å². The van der Waals surface area contributed by atoms with E-state index in [1.54, 1.807) is 22.7 Å². The molecule has 0 saturated carbocycles. The van der Waals surface area contributed by atoms with E-state index in [9.17, 15) is 0 Å². The molecule has 4 heteroatoms. The van der Waals surface area contributed by atoms with Crippen molar-refractivity contribution in [3.63, 3.8) is 0 Å². The Hall–Kier alpha value is -3.34. The van der Waals surface area contributed by atoms with Crippen LogP contribution in [0.2, 0.25) is 0 Å². The average molecular weight is 451 g/mol. The van der Waals surface area contributed by atoms with Crippen LogP contribution in [-0.4, -0.2) is 0 Å². The summed E-state index contributed by atoms with van der Waals surface area (Å²) in [6, 6.07) is 25.9. The Morgan fingerprint density at radius 1 is 0.469 bits per heavy atom. The minimum atomic E-state index is 0.928. The standard InChI is InChI=1S/C28H18O2S2/c1-15-3-11-27(31-15)25-13-21-19-5-6-20-18(17(19)7-9-23(21)29-25)8-10-24-22(20)14-26(30-24)28-12-4-16(2)32-28/h3-14H,1-2H3. The van der Waals surface area contributed by atoms with Crippen LogP contribution in [0.5, 0.6) is 0 Å². The van der Waals surface area contributed by atoms with Crippen molar-refractivity contribution in [1.82, 2.24) is 0 Å². The fourth-order valence-electron chi connectivity index (χ4n) is 4.64. The largest absolute Gasteiger partial charge is 0.455 e. The molecule has 0 unspecified atom stereocenters. The maximum absolute atomic E-state index is 6.21. The van der Waals surface area contributed by atoms with E-state index in [0.717, 1.165) is 33.5 Å². The van der Waals surface area contributed by atoms with Gasteiger partial charge in [0.05, 0.1) is 9.75 Å². The van der Waals surface area contributed by atoms with Gasteiger partial charge in [-0.3, -0.25) is 0 Å². The molecule has 0 aliphatic heterocycles. The molecule has 0 spiro atoms. The van der Waals surface area contributed by atoms with E-state index in [2.05, 4.69) is 86.6 Å². The molecule has 0 radical (unpaired) electrons. The lowest BCUT2D eigenvalue weighted by molar-refractivity contribution is 0.633. The summed E-state index contributed by atoms with van der Waals surface area (Å²) in [7, 11) is 0. The average Bonchev–Trinajstić information content (AvgIpc) is 3.57. The number of rotatable bonds is 2. The van der Waals surface area contributed by atoms with Gasteiger partial charge in [-0.2, -0.15) is 0 Å². The Kier molecular flexibility index (Phi) is 3.75. The molecule has 7 rings (SSSR count). The van der Waals surface area contributed by atoms with Gasteiger partial charge < -0.3 is 8.83 Å². The van der Waals surface area contributed by atoms with Gasteiger partial charge in [-0.15, -0.1) is 22.7 Å². The Labute approximate surface area is 192 Å². The molecule has 32 heavy (non-hydrogen) atoms. The van der Waals surface area contributed by atoms with Crippen LogP contribution in [0.25, 0.3) is 64.8 Å². The van der Waals surface area contributed by atoms with Crippen LogP contribution in [0.3, 0.4) is 0 Å². The van der Waals surface area contributed by atoms with Gasteiger partial charge in [0, 0.05) is 20.5 Å². The molecule has 7 aromatic rings. The quantitative estimate of drug-likeness (QED) is 0.245. The van der Waals surface area contributed by atoms with E-state index >= 15 is 0 Å². The van der Waals surface area contributed by atoms with Crippen molar-refractivity contribution in [2.75, 3.05) is 0 Å². The number of benzene rings is 3. The molecular formula is C28H18O2S2. The van der Waals surface area contributed by atoms with Gasteiger partial charge in [-0.05, 0) is 83.9 Å². The second-order valence-corrected chi connectivity index (χ2v) is 10.8. The van der Waals surface area contributed by atoms with Crippen molar-refractivity contribution >= 4 is 66.2 Å². The second-order valence-electron chi connectivity index (χ2n) is 8.25. The number of thiophene rings is 2. The normalized spacial score (nSPS) is 12.1. The van der Waals surface area contributed by atoms with E-state index < -0.39 is 0 Å². The first-order valence-corrected chi connectivity index (χ1v) is 12.2. The van der Waals surface area contributed by atoms with Crippen molar-refractivity contribution in [3.05, 3.63) is 82.6 Å². The van der Waals surface area contributed by atoms with Gasteiger partial charge in [0.25, 0.3) is 0 Å². The van der Waals surface area contributed by atoms with E-state index in [1.807, 2.05) is 0 Å². The van der Waals surface area contributed by atoms with Crippen LogP contribution in [0, 0.1) is 13.8 Å². The maximum Gasteiger partial charge on any atom is 0.145 e. The smallest absolute Gasteiger partial charge is 0.145 e. The first-order chi connectivity index (χ1) is 15.6. The highest BCUT2D eigenvalue weighted by atomic mass is 32.1. The summed E-state index contributed by atoms with van der Waals surface area (Å²) >= 11 is 3.53. The Balaban J connectivity index is 1.46. The monoisotopic (exact) mass is 450 g/mol. The van der Waals surface area contributed by atoms with Crippen molar-refractivity contribution in [3.8, 4) is 21.3 Å². The lowest BCUT2D eigenvalue weighted by Gasteiger charge is -2.05. The van der Waals surface area contributed by atoms with Crippen molar-refractivity contribution in [2.24, 2.45) is 0 Å². The van der Waals surface area contributed by atoms with Crippen molar-refractivity contribution in [1.29, 1.82) is 0 Å². The van der Waals surface area contributed by atoms with E-state index in [0.29, 0.717) is 0 Å².